The van der Waals surface area contributed by atoms with Crippen LogP contribution in [0.4, 0.5) is 4.39 Å². The van der Waals surface area contributed by atoms with Gasteiger partial charge in [-0.2, -0.15) is 5.10 Å². The molecule has 5 rings (SSSR count). The Bertz CT molecular complexity index is 1200. The van der Waals surface area contributed by atoms with Gasteiger partial charge >= 0.3 is 0 Å². The summed E-state index contributed by atoms with van der Waals surface area (Å²) in [4.78, 5) is 18.1. The Kier molecular flexibility index (Phi) is 7.02. The van der Waals surface area contributed by atoms with Crippen molar-refractivity contribution in [1.82, 2.24) is 14.8 Å². The molecular formula is C29H31FN4O. The van der Waals surface area contributed by atoms with E-state index in [0.717, 1.165) is 55.1 Å². The minimum Gasteiger partial charge on any atom is -0.297 e. The highest BCUT2D eigenvalue weighted by atomic mass is 19.1. The molecule has 6 heteroatoms. The first-order chi connectivity index (χ1) is 17.0. The van der Waals surface area contributed by atoms with Crippen LogP contribution in [-0.2, 0) is 11.3 Å². The van der Waals surface area contributed by atoms with Crippen molar-refractivity contribution in [2.75, 3.05) is 32.7 Å². The molecule has 0 bridgehead atoms. The molecule has 180 valence electrons. The van der Waals surface area contributed by atoms with Gasteiger partial charge in [-0.3, -0.25) is 14.6 Å². The van der Waals surface area contributed by atoms with Crippen LogP contribution in [-0.4, -0.2) is 59.2 Å². The number of piperazine rings is 1. The fraction of sp³-hybridized carbons (Fsp3) is 0.310. The van der Waals surface area contributed by atoms with E-state index in [4.69, 9.17) is 5.10 Å². The van der Waals surface area contributed by atoms with Gasteiger partial charge in [-0.1, -0.05) is 72.3 Å². The molecule has 0 N–H and O–H groups in total. The number of aryl methyl sites for hydroxylation is 1. The summed E-state index contributed by atoms with van der Waals surface area (Å²) < 4.78 is 14.0. The first kappa shape index (κ1) is 23.4. The zero-order chi connectivity index (χ0) is 24.2. The van der Waals surface area contributed by atoms with Crippen molar-refractivity contribution >= 4 is 11.6 Å². The molecule has 35 heavy (non-hydrogen) atoms. The Morgan fingerprint density at radius 2 is 1.66 bits per heavy atom. The molecule has 2 aliphatic rings. The Hall–Kier alpha value is -3.35. The minimum atomic E-state index is -0.298. The molecule has 0 saturated carbocycles. The number of hydrogen-bond donors (Lipinski definition) is 0. The second-order valence-corrected chi connectivity index (χ2v) is 9.47. The second-order valence-electron chi connectivity index (χ2n) is 9.47. The number of benzene rings is 3. The number of nitrogens with zero attached hydrogens (tertiary/aromatic N) is 4. The Labute approximate surface area is 206 Å². The molecule has 1 saturated heterocycles. The lowest BCUT2D eigenvalue weighted by atomic mass is 9.97. The third-order valence-electron chi connectivity index (χ3n) is 6.82. The number of halogens is 1. The average molecular weight is 471 g/mol. The molecule has 0 aromatic heterocycles. The molecule has 0 radical (unpaired) electrons. The van der Waals surface area contributed by atoms with Crippen LogP contribution in [0.25, 0.3) is 0 Å². The highest BCUT2D eigenvalue weighted by Crippen LogP contribution is 2.33. The maximum atomic E-state index is 14.0. The van der Waals surface area contributed by atoms with Crippen LogP contribution in [0.1, 0.15) is 34.7 Å². The monoisotopic (exact) mass is 470 g/mol. The van der Waals surface area contributed by atoms with E-state index < -0.39 is 0 Å². The molecule has 1 amide bonds. The molecule has 0 aliphatic carbocycles. The summed E-state index contributed by atoms with van der Waals surface area (Å²) in [6, 6.07) is 24.9. The van der Waals surface area contributed by atoms with Gasteiger partial charge in [0.25, 0.3) is 5.91 Å². The molecule has 1 unspecified atom stereocenters. The zero-order valence-electron chi connectivity index (χ0n) is 20.1. The van der Waals surface area contributed by atoms with Crippen LogP contribution in [0.2, 0.25) is 0 Å². The van der Waals surface area contributed by atoms with E-state index in [1.165, 1.54) is 17.7 Å². The molecule has 2 heterocycles. The second kappa shape index (κ2) is 10.5. The maximum absolute atomic E-state index is 14.0. The summed E-state index contributed by atoms with van der Waals surface area (Å²) in [7, 11) is 0. The van der Waals surface area contributed by atoms with E-state index in [1.807, 2.05) is 37.3 Å². The lowest BCUT2D eigenvalue weighted by molar-refractivity contribution is -0.134. The largest absolute Gasteiger partial charge is 0.297 e. The summed E-state index contributed by atoms with van der Waals surface area (Å²) >= 11 is 0. The summed E-state index contributed by atoms with van der Waals surface area (Å²) in [6.45, 7) is 6.82. The molecule has 3 aromatic rings. The third-order valence-corrected chi connectivity index (χ3v) is 6.82. The summed E-state index contributed by atoms with van der Waals surface area (Å²) in [5.74, 6) is -0.341. The van der Waals surface area contributed by atoms with E-state index in [1.54, 1.807) is 11.1 Å². The van der Waals surface area contributed by atoms with E-state index >= 15 is 0 Å². The predicted octanol–water partition coefficient (Wildman–Crippen LogP) is 4.63. The SMILES string of the molecule is Cc1cccc(C2=NN(C(=O)CN3CCN(Cc4ccccc4)CC3)C(c3cccc(F)c3)C2)c1. The van der Waals surface area contributed by atoms with Gasteiger partial charge in [-0.05, 0) is 35.7 Å². The quantitative estimate of drug-likeness (QED) is 0.527. The van der Waals surface area contributed by atoms with Crippen LogP contribution in [0.15, 0.2) is 84.0 Å². The Morgan fingerprint density at radius 3 is 2.40 bits per heavy atom. The summed E-state index contributed by atoms with van der Waals surface area (Å²) in [5.41, 5.74) is 5.10. The lowest BCUT2D eigenvalue weighted by Crippen LogP contribution is -2.49. The predicted molar refractivity (Wildman–Crippen MR) is 136 cm³/mol. The molecule has 2 aliphatic heterocycles. The van der Waals surface area contributed by atoms with E-state index in [0.29, 0.717) is 13.0 Å². The number of amides is 1. The number of carbonyl (C=O) groups is 1. The summed E-state index contributed by atoms with van der Waals surface area (Å²) in [5, 5.41) is 6.35. The molecule has 0 spiro atoms. The van der Waals surface area contributed by atoms with Crippen molar-refractivity contribution < 1.29 is 9.18 Å². The number of hydrazone groups is 1. The number of carbonyl (C=O) groups excluding carboxylic acids is 1. The van der Waals surface area contributed by atoms with Gasteiger partial charge in [0.05, 0.1) is 18.3 Å². The maximum Gasteiger partial charge on any atom is 0.257 e. The van der Waals surface area contributed by atoms with Gasteiger partial charge in [0, 0.05) is 39.1 Å². The molecule has 5 nitrogen and oxygen atoms in total. The Morgan fingerprint density at radius 1 is 0.914 bits per heavy atom. The Balaban J connectivity index is 1.28. The molecular weight excluding hydrogens is 439 g/mol. The normalized spacial score (nSPS) is 19.1. The number of rotatable bonds is 6. The zero-order valence-corrected chi connectivity index (χ0v) is 20.1. The van der Waals surface area contributed by atoms with Crippen LogP contribution in [0, 0.1) is 12.7 Å². The van der Waals surface area contributed by atoms with Crippen LogP contribution in [0.3, 0.4) is 0 Å². The topological polar surface area (TPSA) is 39.2 Å². The van der Waals surface area contributed by atoms with Crippen molar-refractivity contribution in [2.24, 2.45) is 5.10 Å². The van der Waals surface area contributed by atoms with Crippen LogP contribution in [0.5, 0.6) is 0 Å². The minimum absolute atomic E-state index is 0.0431. The molecule has 1 fully saturated rings. The van der Waals surface area contributed by atoms with Crippen molar-refractivity contribution in [2.45, 2.75) is 25.9 Å². The smallest absolute Gasteiger partial charge is 0.257 e. The van der Waals surface area contributed by atoms with Gasteiger partial charge in [-0.15, -0.1) is 0 Å². The standard InChI is InChI=1S/C29H31FN4O/c1-22-7-5-10-24(17-22)27-19-28(25-11-6-12-26(30)18-25)34(31-27)29(35)21-33-15-13-32(14-16-33)20-23-8-3-2-4-9-23/h2-12,17-18,28H,13-16,19-21H2,1H3. The van der Waals surface area contributed by atoms with Gasteiger partial charge in [-0.25, -0.2) is 9.40 Å². The van der Waals surface area contributed by atoms with Crippen LogP contribution >= 0.6 is 0 Å². The van der Waals surface area contributed by atoms with Gasteiger partial charge in [0.2, 0.25) is 0 Å². The van der Waals surface area contributed by atoms with E-state index in [2.05, 4.69) is 40.1 Å². The van der Waals surface area contributed by atoms with Crippen molar-refractivity contribution in [3.63, 3.8) is 0 Å². The summed E-state index contributed by atoms with van der Waals surface area (Å²) in [6.07, 6.45) is 0.573. The first-order valence-electron chi connectivity index (χ1n) is 12.3. The highest BCUT2D eigenvalue weighted by molar-refractivity contribution is 6.03. The number of hydrogen-bond acceptors (Lipinski definition) is 4. The fourth-order valence-electron chi connectivity index (χ4n) is 4.92. The van der Waals surface area contributed by atoms with Gasteiger partial charge in [0.1, 0.15) is 5.82 Å². The van der Waals surface area contributed by atoms with Crippen molar-refractivity contribution in [3.8, 4) is 0 Å². The van der Waals surface area contributed by atoms with Gasteiger partial charge < -0.3 is 0 Å². The van der Waals surface area contributed by atoms with E-state index in [9.17, 15) is 9.18 Å². The average Bonchev–Trinajstić information content (AvgIpc) is 3.32. The highest BCUT2D eigenvalue weighted by Gasteiger charge is 2.34. The van der Waals surface area contributed by atoms with Crippen molar-refractivity contribution in [3.05, 3.63) is 107 Å². The lowest BCUT2D eigenvalue weighted by Gasteiger charge is -2.35. The van der Waals surface area contributed by atoms with Gasteiger partial charge in [0.15, 0.2) is 0 Å². The van der Waals surface area contributed by atoms with Crippen LogP contribution < -0.4 is 0 Å². The fourth-order valence-corrected chi connectivity index (χ4v) is 4.92. The first-order valence-corrected chi connectivity index (χ1v) is 12.3. The third kappa shape index (κ3) is 5.66. The molecule has 1 atom stereocenters. The van der Waals surface area contributed by atoms with E-state index in [-0.39, 0.29) is 17.8 Å². The molecule has 3 aromatic carbocycles. The van der Waals surface area contributed by atoms with Crippen molar-refractivity contribution in [1.29, 1.82) is 0 Å².